The Morgan fingerprint density at radius 2 is 1.73 bits per heavy atom. The minimum absolute atomic E-state index is 0.0466. The number of hydrogen-bond acceptors (Lipinski definition) is 9. The van der Waals surface area contributed by atoms with Gasteiger partial charge in [0.05, 0.1) is 20.3 Å². The summed E-state index contributed by atoms with van der Waals surface area (Å²) in [5, 5.41) is 5.97. The van der Waals surface area contributed by atoms with Gasteiger partial charge in [0.15, 0.2) is 29.5 Å². The van der Waals surface area contributed by atoms with Crippen molar-refractivity contribution in [3.05, 3.63) is 112 Å². The van der Waals surface area contributed by atoms with Crippen molar-refractivity contribution < 1.29 is 38.1 Å². The van der Waals surface area contributed by atoms with Gasteiger partial charge >= 0.3 is 0 Å². The maximum Gasteiger partial charge on any atom is 0.274 e. The SMILES string of the molecule is COc1cc2ccc1CNC(=O)CCc1ccc(OC)c(c1)OCC(=O)N[C@@H]1CN(C(=O)c3c(OCc4ccccc4)c(=O)ccn3C)CC[C@@H]1O2. The monoisotopic (exact) mass is 710 g/mol. The molecular formula is C39H42N4O9. The normalized spacial score (nSPS) is 17.9. The molecule has 13 nitrogen and oxygen atoms in total. The van der Waals surface area contributed by atoms with E-state index in [9.17, 15) is 19.2 Å². The Balaban J connectivity index is 1.28. The number of aryl methyl sites for hydroxylation is 2. The molecule has 3 aromatic carbocycles. The van der Waals surface area contributed by atoms with Crippen LogP contribution in [0.4, 0.5) is 0 Å². The van der Waals surface area contributed by atoms with Gasteiger partial charge in [0.2, 0.25) is 11.3 Å². The summed E-state index contributed by atoms with van der Waals surface area (Å²) in [4.78, 5) is 55.0. The minimum Gasteiger partial charge on any atom is -0.496 e. The number of aromatic nitrogens is 1. The van der Waals surface area contributed by atoms with E-state index in [-0.39, 0.29) is 56.6 Å². The molecule has 2 atom stereocenters. The molecule has 0 spiro atoms. The van der Waals surface area contributed by atoms with Gasteiger partial charge in [-0.1, -0.05) is 36.4 Å². The molecule has 0 radical (unpaired) electrons. The first-order valence-electron chi connectivity index (χ1n) is 17.1. The van der Waals surface area contributed by atoms with Gasteiger partial charge in [0, 0.05) is 63.4 Å². The second kappa shape index (κ2) is 16.4. The number of hydrogen-bond donors (Lipinski definition) is 2. The molecule has 4 heterocycles. The van der Waals surface area contributed by atoms with Crippen LogP contribution in [0.1, 0.15) is 40.0 Å². The molecule has 2 N–H and O–H groups in total. The number of carbonyl (C=O) groups excluding carboxylic acids is 3. The zero-order chi connectivity index (χ0) is 36.6. The van der Waals surface area contributed by atoms with Crippen LogP contribution in [0.2, 0.25) is 0 Å². The summed E-state index contributed by atoms with van der Waals surface area (Å²) in [7, 11) is 4.73. The smallest absolute Gasteiger partial charge is 0.274 e. The lowest BCUT2D eigenvalue weighted by Gasteiger charge is -2.39. The third-order valence-corrected chi connectivity index (χ3v) is 9.10. The van der Waals surface area contributed by atoms with E-state index in [0.29, 0.717) is 35.8 Å². The van der Waals surface area contributed by atoms with E-state index < -0.39 is 29.4 Å². The molecule has 13 heteroatoms. The van der Waals surface area contributed by atoms with Crippen LogP contribution in [-0.4, -0.2) is 73.3 Å². The molecule has 7 rings (SSSR count). The van der Waals surface area contributed by atoms with Gasteiger partial charge in [-0.2, -0.15) is 0 Å². The van der Waals surface area contributed by atoms with Crippen molar-refractivity contribution in [3.8, 4) is 28.7 Å². The van der Waals surface area contributed by atoms with E-state index in [1.165, 1.54) is 19.4 Å². The summed E-state index contributed by atoms with van der Waals surface area (Å²) in [6, 6.07) is 20.8. The fraction of sp³-hybridized carbons (Fsp3) is 0.333. The van der Waals surface area contributed by atoms with Crippen LogP contribution in [0.25, 0.3) is 0 Å². The van der Waals surface area contributed by atoms with E-state index in [0.717, 1.165) is 16.7 Å². The third kappa shape index (κ3) is 8.48. The quantitative estimate of drug-likeness (QED) is 0.308. The van der Waals surface area contributed by atoms with E-state index in [2.05, 4.69) is 10.6 Å². The molecule has 4 aromatic rings. The Morgan fingerprint density at radius 3 is 2.52 bits per heavy atom. The predicted octanol–water partition coefficient (Wildman–Crippen LogP) is 3.40. The van der Waals surface area contributed by atoms with Crippen LogP contribution >= 0.6 is 0 Å². The zero-order valence-electron chi connectivity index (χ0n) is 29.4. The van der Waals surface area contributed by atoms with Gasteiger partial charge in [-0.05, 0) is 41.8 Å². The molecule has 3 aliphatic heterocycles. The predicted molar refractivity (Wildman–Crippen MR) is 191 cm³/mol. The maximum atomic E-state index is 14.2. The summed E-state index contributed by atoms with van der Waals surface area (Å²) >= 11 is 0. The molecule has 52 heavy (non-hydrogen) atoms. The van der Waals surface area contributed by atoms with Gasteiger partial charge < -0.3 is 43.8 Å². The Bertz CT molecular complexity index is 1980. The van der Waals surface area contributed by atoms with Crippen molar-refractivity contribution in [1.29, 1.82) is 0 Å². The Kier molecular flexibility index (Phi) is 11.3. The topological polar surface area (TPSA) is 147 Å². The number of nitrogens with one attached hydrogen (secondary N) is 2. The van der Waals surface area contributed by atoms with Crippen LogP contribution in [0.5, 0.6) is 28.7 Å². The van der Waals surface area contributed by atoms with Crippen molar-refractivity contribution in [3.63, 3.8) is 0 Å². The lowest BCUT2D eigenvalue weighted by atomic mass is 10.0. The van der Waals surface area contributed by atoms with Crippen LogP contribution in [0.3, 0.4) is 0 Å². The number of fused-ring (bicyclic) bond motifs is 9. The molecule has 1 aromatic heterocycles. The second-order valence-corrected chi connectivity index (χ2v) is 12.6. The summed E-state index contributed by atoms with van der Waals surface area (Å²) in [6.45, 7) is 0.384. The highest BCUT2D eigenvalue weighted by Gasteiger charge is 2.36. The summed E-state index contributed by atoms with van der Waals surface area (Å²) < 4.78 is 31.0. The lowest BCUT2D eigenvalue weighted by molar-refractivity contribution is -0.125. The first kappa shape index (κ1) is 35.8. The number of likely N-dealkylation sites (tertiary alicyclic amines) is 1. The standard InChI is InChI=1S/C39H42N4O9/c1-42-17-15-30(44)38(51-23-26-7-5-4-6-8-26)37(42)39(47)43-18-16-31-29(22-43)41-36(46)24-50-34-19-25(9-13-32(34)48-2)10-14-35(45)40-21-27-11-12-28(52-31)20-33(27)49-3/h4-9,11-13,15,17,19-20,29,31H,10,14,16,18,21-24H2,1-3H3,(H,40,45)(H,41,46)/t29-,31+/m1/s1. The van der Waals surface area contributed by atoms with Crippen LogP contribution in [0, 0.1) is 0 Å². The lowest BCUT2D eigenvalue weighted by Crippen LogP contribution is -2.58. The highest BCUT2D eigenvalue weighted by Crippen LogP contribution is 2.30. The Morgan fingerprint density at radius 1 is 0.923 bits per heavy atom. The molecule has 3 aliphatic rings. The first-order chi connectivity index (χ1) is 25.2. The fourth-order valence-corrected chi connectivity index (χ4v) is 6.31. The summed E-state index contributed by atoms with van der Waals surface area (Å²) in [5.41, 5.74) is 2.15. The maximum absolute atomic E-state index is 14.2. The largest absolute Gasteiger partial charge is 0.496 e. The molecule has 3 amide bonds. The van der Waals surface area contributed by atoms with E-state index in [1.807, 2.05) is 42.5 Å². The summed E-state index contributed by atoms with van der Waals surface area (Å²) in [5.74, 6) is 0.786. The van der Waals surface area contributed by atoms with Crippen LogP contribution < -0.4 is 39.7 Å². The molecule has 1 saturated heterocycles. The number of nitrogens with zero attached hydrogens (tertiary/aromatic N) is 2. The molecule has 1 fully saturated rings. The van der Waals surface area contributed by atoms with Gasteiger partial charge in [-0.3, -0.25) is 19.2 Å². The average Bonchev–Trinajstić information content (AvgIpc) is 3.16. The number of piperidine rings is 1. The van der Waals surface area contributed by atoms with Crippen molar-refractivity contribution in [2.24, 2.45) is 7.05 Å². The fourth-order valence-electron chi connectivity index (χ4n) is 6.31. The number of amides is 3. The summed E-state index contributed by atoms with van der Waals surface area (Å²) in [6.07, 6.45) is 2.03. The van der Waals surface area contributed by atoms with E-state index >= 15 is 0 Å². The highest BCUT2D eigenvalue weighted by atomic mass is 16.5. The zero-order valence-corrected chi connectivity index (χ0v) is 29.4. The van der Waals surface area contributed by atoms with Gasteiger partial charge in [0.1, 0.15) is 24.2 Å². The number of carbonyl (C=O) groups is 3. The molecule has 0 aliphatic carbocycles. The molecule has 0 unspecified atom stereocenters. The van der Waals surface area contributed by atoms with Crippen LogP contribution in [-0.2, 0) is 36.2 Å². The van der Waals surface area contributed by atoms with E-state index in [1.54, 1.807) is 47.9 Å². The van der Waals surface area contributed by atoms with Crippen molar-refractivity contribution in [1.82, 2.24) is 20.1 Å². The van der Waals surface area contributed by atoms with Crippen molar-refractivity contribution in [2.45, 2.75) is 44.6 Å². The number of rotatable bonds is 6. The second-order valence-electron chi connectivity index (χ2n) is 12.6. The number of methoxy groups -OCH3 is 2. The van der Waals surface area contributed by atoms with Gasteiger partial charge in [0.25, 0.3) is 11.8 Å². The highest BCUT2D eigenvalue weighted by molar-refractivity contribution is 5.95. The molecule has 0 saturated carbocycles. The van der Waals surface area contributed by atoms with E-state index in [4.69, 9.17) is 23.7 Å². The van der Waals surface area contributed by atoms with Gasteiger partial charge in [-0.15, -0.1) is 0 Å². The number of ether oxygens (including phenoxy) is 5. The van der Waals surface area contributed by atoms with Crippen molar-refractivity contribution >= 4 is 17.7 Å². The Hall–Kier alpha value is -5.98. The number of benzene rings is 3. The molecule has 4 bridgehead atoms. The first-order valence-corrected chi connectivity index (χ1v) is 17.1. The van der Waals surface area contributed by atoms with Crippen LogP contribution in [0.15, 0.2) is 83.8 Å². The molecule has 272 valence electrons. The van der Waals surface area contributed by atoms with Crippen molar-refractivity contribution in [2.75, 3.05) is 33.9 Å². The van der Waals surface area contributed by atoms with Gasteiger partial charge in [-0.25, -0.2) is 0 Å². The minimum atomic E-state index is -0.663. The molecular weight excluding hydrogens is 668 g/mol. The Labute approximate surface area is 301 Å². The average molecular weight is 711 g/mol. The number of pyridine rings is 1. The third-order valence-electron chi connectivity index (χ3n) is 9.10.